The predicted molar refractivity (Wildman–Crippen MR) is 106 cm³/mol. The second-order valence-corrected chi connectivity index (χ2v) is 8.73. The number of anilines is 1. The lowest BCUT2D eigenvalue weighted by molar-refractivity contribution is 0.0940. The average Bonchev–Trinajstić information content (AvgIpc) is 2.54. The Morgan fingerprint density at radius 2 is 1.54 bits per heavy atom. The maximum Gasteiger partial charge on any atom is 0.251 e. The summed E-state index contributed by atoms with van der Waals surface area (Å²) in [4.78, 5) is 12.4. The van der Waals surface area contributed by atoms with Crippen molar-refractivity contribution < 1.29 is 13.2 Å². The fraction of sp³-hybridized carbons (Fsp3) is 0.350. The Hall–Kier alpha value is -2.34. The van der Waals surface area contributed by atoms with E-state index >= 15 is 0 Å². The van der Waals surface area contributed by atoms with Gasteiger partial charge in [0.2, 0.25) is 10.0 Å². The van der Waals surface area contributed by atoms with Gasteiger partial charge in [0.15, 0.2) is 0 Å². The van der Waals surface area contributed by atoms with Crippen molar-refractivity contribution in [2.75, 3.05) is 11.0 Å². The van der Waals surface area contributed by atoms with E-state index in [1.807, 2.05) is 19.1 Å². The van der Waals surface area contributed by atoms with Crippen LogP contribution in [0.5, 0.6) is 0 Å². The van der Waals surface area contributed by atoms with Crippen LogP contribution in [-0.2, 0) is 16.4 Å². The van der Waals surface area contributed by atoms with Crippen molar-refractivity contribution >= 4 is 21.6 Å². The minimum Gasteiger partial charge on any atom is -0.346 e. The number of benzene rings is 2. The zero-order valence-corrected chi connectivity index (χ0v) is 16.4. The van der Waals surface area contributed by atoms with Gasteiger partial charge in [-0.15, -0.1) is 0 Å². The molecule has 1 atom stereocenters. The van der Waals surface area contributed by atoms with Crippen LogP contribution in [0.25, 0.3) is 0 Å². The molecule has 2 rings (SSSR count). The van der Waals surface area contributed by atoms with E-state index in [-0.39, 0.29) is 11.9 Å². The van der Waals surface area contributed by atoms with Crippen LogP contribution in [-0.4, -0.2) is 20.6 Å². The van der Waals surface area contributed by atoms with Crippen molar-refractivity contribution in [1.82, 2.24) is 5.32 Å². The number of nitrogens with one attached hydrogen (secondary N) is 2. The molecule has 1 unspecified atom stereocenters. The van der Waals surface area contributed by atoms with Crippen molar-refractivity contribution in [3.63, 3.8) is 0 Å². The third kappa shape index (κ3) is 6.19. The highest BCUT2D eigenvalue weighted by Gasteiger charge is 2.12. The van der Waals surface area contributed by atoms with Gasteiger partial charge in [-0.2, -0.15) is 0 Å². The molecule has 1 amide bonds. The number of amides is 1. The van der Waals surface area contributed by atoms with Crippen LogP contribution >= 0.6 is 0 Å². The Labute approximate surface area is 155 Å². The largest absolute Gasteiger partial charge is 0.346 e. The molecule has 0 aliphatic heterocycles. The molecule has 0 saturated heterocycles. The number of hydrogen-bond donors (Lipinski definition) is 2. The Kier molecular flexibility index (Phi) is 6.42. The number of sulfonamides is 1. The molecule has 0 aliphatic carbocycles. The van der Waals surface area contributed by atoms with E-state index in [0.717, 1.165) is 18.2 Å². The van der Waals surface area contributed by atoms with E-state index in [9.17, 15) is 13.2 Å². The minimum absolute atomic E-state index is 0.121. The van der Waals surface area contributed by atoms with E-state index < -0.39 is 10.0 Å². The Morgan fingerprint density at radius 1 is 0.962 bits per heavy atom. The first-order chi connectivity index (χ1) is 12.1. The van der Waals surface area contributed by atoms with E-state index in [1.54, 1.807) is 24.3 Å². The topological polar surface area (TPSA) is 75.3 Å². The van der Waals surface area contributed by atoms with E-state index in [0.29, 0.717) is 17.2 Å². The summed E-state index contributed by atoms with van der Waals surface area (Å²) in [6, 6.07) is 14.5. The minimum atomic E-state index is -3.33. The van der Waals surface area contributed by atoms with Gasteiger partial charge in [0.05, 0.1) is 12.3 Å². The fourth-order valence-corrected chi connectivity index (χ4v) is 3.25. The van der Waals surface area contributed by atoms with Gasteiger partial charge in [0, 0.05) is 11.3 Å². The quantitative estimate of drug-likeness (QED) is 0.775. The van der Waals surface area contributed by atoms with Gasteiger partial charge >= 0.3 is 0 Å². The van der Waals surface area contributed by atoms with Gasteiger partial charge in [-0.3, -0.25) is 9.52 Å². The summed E-state index contributed by atoms with van der Waals surface area (Å²) in [6.45, 7) is 6.32. The van der Waals surface area contributed by atoms with E-state index in [1.165, 1.54) is 5.56 Å². The molecule has 0 aliphatic rings. The molecule has 140 valence electrons. The Balaban J connectivity index is 2.00. The van der Waals surface area contributed by atoms with Crippen LogP contribution in [0.15, 0.2) is 48.5 Å². The molecule has 5 nitrogen and oxygen atoms in total. The second kappa shape index (κ2) is 8.36. The van der Waals surface area contributed by atoms with Crippen LogP contribution in [0.2, 0.25) is 0 Å². The molecular formula is C20H26N2O3S. The third-order valence-corrected chi connectivity index (χ3v) is 4.53. The lowest BCUT2D eigenvalue weighted by Gasteiger charge is -2.15. The summed E-state index contributed by atoms with van der Waals surface area (Å²) in [5.41, 5.74) is 3.24. The van der Waals surface area contributed by atoms with Gasteiger partial charge < -0.3 is 5.32 Å². The van der Waals surface area contributed by atoms with Crippen molar-refractivity contribution in [2.45, 2.75) is 33.2 Å². The second-order valence-electron chi connectivity index (χ2n) is 6.99. The number of hydrogen-bond acceptors (Lipinski definition) is 3. The van der Waals surface area contributed by atoms with Crippen LogP contribution in [0.4, 0.5) is 5.69 Å². The Bertz CT molecular complexity index is 842. The fourth-order valence-electron chi connectivity index (χ4n) is 2.68. The van der Waals surface area contributed by atoms with Crippen molar-refractivity contribution in [3.05, 3.63) is 65.2 Å². The smallest absolute Gasteiger partial charge is 0.251 e. The van der Waals surface area contributed by atoms with E-state index in [2.05, 4.69) is 36.0 Å². The lowest BCUT2D eigenvalue weighted by Crippen LogP contribution is -2.26. The van der Waals surface area contributed by atoms with Crippen LogP contribution < -0.4 is 10.0 Å². The molecule has 0 fully saturated rings. The first-order valence-electron chi connectivity index (χ1n) is 8.61. The number of rotatable bonds is 7. The zero-order chi connectivity index (χ0) is 19.3. The van der Waals surface area contributed by atoms with Crippen molar-refractivity contribution in [3.8, 4) is 0 Å². The molecule has 0 saturated carbocycles. The predicted octanol–water partition coefficient (Wildman–Crippen LogP) is 3.75. The number of carbonyl (C=O) groups is 1. The standard InChI is InChI=1S/C20H26N2O3S/c1-14(2)13-16-5-7-17(8-6-16)15(3)21-20(23)18-9-11-19(12-10-18)22-26(4,24)25/h5-12,14-15,22H,13H2,1-4H3,(H,21,23). The molecule has 2 aromatic carbocycles. The maximum absolute atomic E-state index is 12.4. The highest BCUT2D eigenvalue weighted by atomic mass is 32.2. The van der Waals surface area contributed by atoms with Crippen LogP contribution in [0, 0.1) is 5.92 Å². The molecule has 0 heterocycles. The summed E-state index contributed by atoms with van der Waals surface area (Å²) >= 11 is 0. The van der Waals surface area contributed by atoms with Gasteiger partial charge in [-0.1, -0.05) is 38.1 Å². The maximum atomic E-state index is 12.4. The molecule has 2 aromatic rings. The highest BCUT2D eigenvalue weighted by molar-refractivity contribution is 7.92. The van der Waals surface area contributed by atoms with Gasteiger partial charge in [-0.25, -0.2) is 8.42 Å². The summed E-state index contributed by atoms with van der Waals surface area (Å²) in [6.07, 6.45) is 2.12. The summed E-state index contributed by atoms with van der Waals surface area (Å²) in [5.74, 6) is 0.410. The summed E-state index contributed by atoms with van der Waals surface area (Å²) in [7, 11) is -3.33. The van der Waals surface area contributed by atoms with Gasteiger partial charge in [-0.05, 0) is 54.7 Å². The molecule has 2 N–H and O–H groups in total. The first kappa shape index (κ1) is 20.0. The molecule has 0 spiro atoms. The molecule has 6 heteroatoms. The van der Waals surface area contributed by atoms with Gasteiger partial charge in [0.25, 0.3) is 5.91 Å². The lowest BCUT2D eigenvalue weighted by atomic mass is 10.00. The number of carbonyl (C=O) groups excluding carboxylic acids is 1. The summed E-state index contributed by atoms with van der Waals surface area (Å²) < 4.78 is 24.8. The van der Waals surface area contributed by atoms with E-state index in [4.69, 9.17) is 0 Å². The molecule has 26 heavy (non-hydrogen) atoms. The van der Waals surface area contributed by atoms with Crippen molar-refractivity contribution in [1.29, 1.82) is 0 Å². The SMILES string of the molecule is CC(C)Cc1ccc(C(C)NC(=O)c2ccc(NS(C)(=O)=O)cc2)cc1. The molecular weight excluding hydrogens is 348 g/mol. The molecule has 0 aromatic heterocycles. The third-order valence-electron chi connectivity index (χ3n) is 3.92. The van der Waals surface area contributed by atoms with Crippen molar-refractivity contribution in [2.24, 2.45) is 5.92 Å². The normalized spacial score (nSPS) is 12.7. The van der Waals surface area contributed by atoms with Gasteiger partial charge in [0.1, 0.15) is 0 Å². The monoisotopic (exact) mass is 374 g/mol. The zero-order valence-electron chi connectivity index (χ0n) is 15.6. The molecule has 0 radical (unpaired) electrons. The first-order valence-corrected chi connectivity index (χ1v) is 10.5. The van der Waals surface area contributed by atoms with Crippen LogP contribution in [0.3, 0.4) is 0 Å². The van der Waals surface area contributed by atoms with Crippen LogP contribution in [0.1, 0.15) is 48.3 Å². The molecule has 0 bridgehead atoms. The average molecular weight is 375 g/mol. The summed E-state index contributed by atoms with van der Waals surface area (Å²) in [5, 5.41) is 2.96. The Morgan fingerprint density at radius 3 is 2.04 bits per heavy atom. The highest BCUT2D eigenvalue weighted by Crippen LogP contribution is 2.17.